The summed E-state index contributed by atoms with van der Waals surface area (Å²) in [6.45, 7) is 0. The van der Waals surface area contributed by atoms with Crippen LogP contribution in [-0.4, -0.2) is 43.4 Å². The summed E-state index contributed by atoms with van der Waals surface area (Å²) in [6, 6.07) is 28.7. The molecular weight excluding hydrogens is 454 g/mol. The number of carbonyl (C=O) groups is 3. The molecule has 0 fully saturated rings. The van der Waals surface area contributed by atoms with Gasteiger partial charge in [0, 0.05) is 24.8 Å². The van der Waals surface area contributed by atoms with Crippen molar-refractivity contribution in [2.24, 2.45) is 0 Å². The highest BCUT2D eigenvalue weighted by atomic mass is 16.4. The Balaban J connectivity index is 1.65. The van der Waals surface area contributed by atoms with E-state index in [2.05, 4.69) is 4.98 Å². The van der Waals surface area contributed by atoms with Crippen LogP contribution in [0.2, 0.25) is 0 Å². The van der Waals surface area contributed by atoms with E-state index in [1.165, 1.54) is 0 Å². The molecule has 0 saturated heterocycles. The zero-order chi connectivity index (χ0) is 25.1. The van der Waals surface area contributed by atoms with Crippen molar-refractivity contribution in [1.82, 2.24) is 14.5 Å². The summed E-state index contributed by atoms with van der Waals surface area (Å²) in [5.41, 5.74) is 2.64. The van der Waals surface area contributed by atoms with Crippen LogP contribution < -0.4 is 0 Å². The fourth-order valence-electron chi connectivity index (χ4n) is 4.84. The number of hydrogen-bond donors (Lipinski definition) is 1. The van der Waals surface area contributed by atoms with E-state index in [4.69, 9.17) is 0 Å². The summed E-state index contributed by atoms with van der Waals surface area (Å²) in [7, 11) is 0. The van der Waals surface area contributed by atoms with Gasteiger partial charge in [-0.2, -0.15) is 0 Å². The first-order valence-electron chi connectivity index (χ1n) is 11.5. The molecule has 1 aromatic heterocycles. The van der Waals surface area contributed by atoms with Gasteiger partial charge >= 0.3 is 5.97 Å². The summed E-state index contributed by atoms with van der Waals surface area (Å²) in [5.74, 6) is -2.55. The number of carboxylic acid groups (broad SMARTS) is 1. The van der Waals surface area contributed by atoms with Crippen molar-refractivity contribution in [3.05, 3.63) is 138 Å². The van der Waals surface area contributed by atoms with Crippen molar-refractivity contribution in [2.45, 2.75) is 18.0 Å². The van der Waals surface area contributed by atoms with Crippen molar-refractivity contribution in [3.63, 3.8) is 0 Å². The topological polar surface area (TPSA) is 92.5 Å². The summed E-state index contributed by atoms with van der Waals surface area (Å²) in [4.78, 5) is 41.7. The summed E-state index contributed by atoms with van der Waals surface area (Å²) in [5, 5.41) is 9.82. The summed E-state index contributed by atoms with van der Waals surface area (Å²) in [6.07, 6.45) is 5.52. The largest absolute Gasteiger partial charge is 0.480 e. The van der Waals surface area contributed by atoms with Gasteiger partial charge < -0.3 is 9.67 Å². The molecule has 3 aromatic carbocycles. The highest BCUT2D eigenvalue weighted by molar-refractivity contribution is 6.14. The highest BCUT2D eigenvalue weighted by Crippen LogP contribution is 2.40. The molecule has 0 radical (unpaired) electrons. The molecule has 1 N–H and O–H groups in total. The third-order valence-electron chi connectivity index (χ3n) is 6.44. The molecular formula is C29H23N3O4. The fourth-order valence-corrected chi connectivity index (χ4v) is 4.84. The molecule has 1 aliphatic heterocycles. The number of amides is 2. The van der Waals surface area contributed by atoms with E-state index in [0.717, 1.165) is 33.7 Å². The molecule has 1 atom stereocenters. The van der Waals surface area contributed by atoms with Gasteiger partial charge in [0.1, 0.15) is 11.6 Å². The van der Waals surface area contributed by atoms with E-state index in [1.54, 1.807) is 12.5 Å². The van der Waals surface area contributed by atoms with Crippen LogP contribution in [0.3, 0.4) is 0 Å². The molecule has 0 aliphatic carbocycles. The van der Waals surface area contributed by atoms with E-state index in [1.807, 2.05) is 95.6 Å². The smallest absolute Gasteiger partial charge is 0.327 e. The number of nitrogens with zero attached hydrogens (tertiary/aromatic N) is 3. The maximum Gasteiger partial charge on any atom is 0.327 e. The molecule has 2 heterocycles. The van der Waals surface area contributed by atoms with Gasteiger partial charge in [-0.05, 0) is 16.7 Å². The van der Waals surface area contributed by atoms with E-state index in [-0.39, 0.29) is 6.42 Å². The first kappa shape index (κ1) is 23.0. The predicted molar refractivity (Wildman–Crippen MR) is 133 cm³/mol. The number of carbonyl (C=O) groups excluding carboxylic acids is 2. The SMILES string of the molecule is O=C(O)C(Cc1cn(C(c2ccccc2)(c2ccccc2)c2ccccc2)cn1)N1C(=O)C=CC1=O. The lowest BCUT2D eigenvalue weighted by atomic mass is 9.77. The maximum atomic E-state index is 12.2. The van der Waals surface area contributed by atoms with Crippen molar-refractivity contribution < 1.29 is 19.5 Å². The molecule has 7 nitrogen and oxygen atoms in total. The molecule has 1 unspecified atom stereocenters. The second kappa shape index (κ2) is 9.46. The Morgan fingerprint density at radius 3 is 1.64 bits per heavy atom. The standard InChI is InChI=1S/C29H23N3O4/c33-26-16-17-27(34)32(26)25(28(35)36)18-24-19-31(20-30-24)29(21-10-4-1-5-11-21,22-12-6-2-7-13-22)23-14-8-3-9-15-23/h1-17,19-20,25H,18H2,(H,35,36). The van der Waals surface area contributed by atoms with Crippen molar-refractivity contribution in [3.8, 4) is 0 Å². The number of aromatic nitrogens is 2. The second-order valence-corrected chi connectivity index (χ2v) is 8.52. The average molecular weight is 478 g/mol. The van der Waals surface area contributed by atoms with Gasteiger partial charge in [-0.1, -0.05) is 91.0 Å². The lowest BCUT2D eigenvalue weighted by Crippen LogP contribution is -2.46. The zero-order valence-corrected chi connectivity index (χ0v) is 19.3. The monoisotopic (exact) mass is 477 g/mol. The molecule has 0 spiro atoms. The van der Waals surface area contributed by atoms with Crippen LogP contribution in [0.25, 0.3) is 0 Å². The summed E-state index contributed by atoms with van der Waals surface area (Å²) >= 11 is 0. The van der Waals surface area contributed by atoms with Gasteiger partial charge in [0.2, 0.25) is 0 Å². The lowest BCUT2D eigenvalue weighted by Gasteiger charge is -2.37. The molecule has 4 aromatic rings. The average Bonchev–Trinajstić information content (AvgIpc) is 3.51. The molecule has 7 heteroatoms. The van der Waals surface area contributed by atoms with Crippen LogP contribution in [0, 0.1) is 0 Å². The van der Waals surface area contributed by atoms with Crippen molar-refractivity contribution in [1.29, 1.82) is 0 Å². The first-order valence-corrected chi connectivity index (χ1v) is 11.5. The number of carboxylic acids is 1. The Morgan fingerprint density at radius 2 is 1.22 bits per heavy atom. The normalized spacial score (nSPS) is 14.3. The molecule has 5 rings (SSSR count). The van der Waals surface area contributed by atoms with Gasteiger partial charge in [-0.15, -0.1) is 0 Å². The molecule has 2 amide bonds. The number of benzene rings is 3. The van der Waals surface area contributed by atoms with E-state index < -0.39 is 29.4 Å². The number of hydrogen-bond acceptors (Lipinski definition) is 4. The lowest BCUT2D eigenvalue weighted by molar-refractivity contribution is -0.153. The number of imide groups is 1. The van der Waals surface area contributed by atoms with Gasteiger partial charge in [0.15, 0.2) is 0 Å². The molecule has 0 saturated carbocycles. The Morgan fingerprint density at radius 1 is 0.778 bits per heavy atom. The number of imidazole rings is 1. The van der Waals surface area contributed by atoms with E-state index >= 15 is 0 Å². The Kier molecular flexibility index (Phi) is 6.04. The minimum Gasteiger partial charge on any atom is -0.480 e. The van der Waals surface area contributed by atoms with Crippen molar-refractivity contribution >= 4 is 17.8 Å². The van der Waals surface area contributed by atoms with Crippen molar-refractivity contribution in [2.75, 3.05) is 0 Å². The van der Waals surface area contributed by atoms with Crippen LogP contribution >= 0.6 is 0 Å². The second-order valence-electron chi connectivity index (χ2n) is 8.52. The first-order chi connectivity index (χ1) is 17.5. The fraction of sp³-hybridized carbons (Fsp3) is 0.103. The number of rotatable bonds is 8. The van der Waals surface area contributed by atoms with E-state index in [0.29, 0.717) is 5.69 Å². The van der Waals surface area contributed by atoms with Gasteiger partial charge in [0.05, 0.1) is 12.0 Å². The van der Waals surface area contributed by atoms with Crippen LogP contribution in [0.5, 0.6) is 0 Å². The molecule has 178 valence electrons. The molecule has 0 bridgehead atoms. The third-order valence-corrected chi connectivity index (χ3v) is 6.44. The molecule has 36 heavy (non-hydrogen) atoms. The van der Waals surface area contributed by atoms with Crippen LogP contribution in [0.15, 0.2) is 116 Å². The Bertz CT molecular complexity index is 1310. The minimum atomic E-state index is -1.36. The minimum absolute atomic E-state index is 0.115. The quantitative estimate of drug-likeness (QED) is 0.309. The van der Waals surface area contributed by atoms with Crippen LogP contribution in [0.4, 0.5) is 0 Å². The number of aliphatic carboxylic acids is 1. The highest BCUT2D eigenvalue weighted by Gasteiger charge is 2.40. The van der Waals surface area contributed by atoms with Crippen LogP contribution in [-0.2, 0) is 26.3 Å². The molecule has 1 aliphatic rings. The third kappa shape index (κ3) is 3.90. The Hall–Kier alpha value is -4.78. The van der Waals surface area contributed by atoms with Gasteiger partial charge in [0.25, 0.3) is 11.8 Å². The van der Waals surface area contributed by atoms with Gasteiger partial charge in [-0.25, -0.2) is 9.78 Å². The predicted octanol–water partition coefficient (Wildman–Crippen LogP) is 3.64. The van der Waals surface area contributed by atoms with Crippen LogP contribution in [0.1, 0.15) is 22.4 Å². The maximum absolute atomic E-state index is 12.2. The summed E-state index contributed by atoms with van der Waals surface area (Å²) < 4.78 is 1.97. The van der Waals surface area contributed by atoms with Gasteiger partial charge in [-0.3, -0.25) is 14.5 Å². The van der Waals surface area contributed by atoms with E-state index in [9.17, 15) is 19.5 Å². The zero-order valence-electron chi connectivity index (χ0n) is 19.3. The Labute approximate surface area is 208 Å².